The molecule has 0 radical (unpaired) electrons. The van der Waals surface area contributed by atoms with Gasteiger partial charge in [-0.2, -0.15) is 0 Å². The minimum absolute atomic E-state index is 0.0845. The van der Waals surface area contributed by atoms with Crippen molar-refractivity contribution in [2.24, 2.45) is 23.7 Å². The number of hydrogen-bond acceptors (Lipinski definition) is 3. The van der Waals surface area contributed by atoms with Crippen molar-refractivity contribution in [3.8, 4) is 11.8 Å². The Labute approximate surface area is 157 Å². The number of allylic oxidation sites excluding steroid dienone is 2. The molecule has 2 saturated carbocycles. The van der Waals surface area contributed by atoms with Crippen LogP contribution in [-0.2, 0) is 4.79 Å². The van der Waals surface area contributed by atoms with Crippen LogP contribution in [-0.4, -0.2) is 33.5 Å². The van der Waals surface area contributed by atoms with Crippen molar-refractivity contribution in [2.45, 2.75) is 71.0 Å². The number of aliphatic hydroxyl groups is 2. The minimum atomic E-state index is -0.738. The number of unbranched alkanes of at least 4 members (excludes halogenated alkanes) is 1. The third-order valence-corrected chi connectivity index (χ3v) is 5.85. The summed E-state index contributed by atoms with van der Waals surface area (Å²) in [5, 5.41) is 29.4. The number of carboxylic acids is 1. The van der Waals surface area contributed by atoms with E-state index in [1.807, 2.05) is 19.1 Å². The van der Waals surface area contributed by atoms with Gasteiger partial charge in [-0.25, -0.2) is 0 Å². The predicted octanol–water partition coefficient (Wildman–Crippen LogP) is 3.54. The zero-order valence-electron chi connectivity index (χ0n) is 15.9. The molecule has 4 unspecified atom stereocenters. The van der Waals surface area contributed by atoms with Crippen LogP contribution in [0.25, 0.3) is 0 Å². The topological polar surface area (TPSA) is 77.8 Å². The molecular formula is C22H32O4. The maximum absolute atomic E-state index is 10.6. The molecule has 6 atom stereocenters. The molecule has 2 fully saturated rings. The fourth-order valence-electron chi connectivity index (χ4n) is 4.31. The van der Waals surface area contributed by atoms with E-state index in [0.717, 1.165) is 25.7 Å². The van der Waals surface area contributed by atoms with Crippen molar-refractivity contribution in [3.05, 3.63) is 23.8 Å². The normalized spacial score (nSPS) is 31.6. The maximum atomic E-state index is 10.6. The predicted molar refractivity (Wildman–Crippen MR) is 102 cm³/mol. The first-order valence-corrected chi connectivity index (χ1v) is 9.76. The fourth-order valence-corrected chi connectivity index (χ4v) is 4.31. The molecule has 0 heterocycles. The van der Waals surface area contributed by atoms with Gasteiger partial charge in [-0.15, -0.1) is 11.8 Å². The Morgan fingerprint density at radius 3 is 2.85 bits per heavy atom. The van der Waals surface area contributed by atoms with Crippen molar-refractivity contribution in [1.29, 1.82) is 0 Å². The summed E-state index contributed by atoms with van der Waals surface area (Å²) in [4.78, 5) is 10.6. The first-order chi connectivity index (χ1) is 12.4. The first kappa shape index (κ1) is 20.7. The van der Waals surface area contributed by atoms with Gasteiger partial charge >= 0.3 is 5.97 Å². The summed E-state index contributed by atoms with van der Waals surface area (Å²) >= 11 is 0. The van der Waals surface area contributed by atoms with Crippen LogP contribution in [0.2, 0.25) is 0 Å². The molecule has 4 heteroatoms. The molecule has 26 heavy (non-hydrogen) atoms. The lowest BCUT2D eigenvalue weighted by Gasteiger charge is -2.19. The molecule has 2 aliphatic rings. The lowest BCUT2D eigenvalue weighted by Crippen LogP contribution is -2.19. The van der Waals surface area contributed by atoms with E-state index in [4.69, 9.17) is 5.11 Å². The van der Waals surface area contributed by atoms with E-state index >= 15 is 0 Å². The summed E-state index contributed by atoms with van der Waals surface area (Å²) in [5.41, 5.74) is 1.41. The van der Waals surface area contributed by atoms with Crippen LogP contribution in [0.3, 0.4) is 0 Å². The zero-order valence-corrected chi connectivity index (χ0v) is 15.9. The van der Waals surface area contributed by atoms with Gasteiger partial charge in [-0.05, 0) is 56.8 Å². The molecule has 0 aromatic carbocycles. The van der Waals surface area contributed by atoms with E-state index in [1.165, 1.54) is 5.57 Å². The molecule has 0 spiro atoms. The summed E-state index contributed by atoms with van der Waals surface area (Å²) in [5.74, 6) is 6.25. The summed E-state index contributed by atoms with van der Waals surface area (Å²) in [7, 11) is 0. The Morgan fingerprint density at radius 1 is 1.38 bits per heavy atom. The van der Waals surface area contributed by atoms with E-state index in [9.17, 15) is 15.0 Å². The van der Waals surface area contributed by atoms with E-state index in [2.05, 4.69) is 17.9 Å². The second-order valence-electron chi connectivity index (χ2n) is 7.84. The van der Waals surface area contributed by atoms with Crippen LogP contribution < -0.4 is 0 Å². The van der Waals surface area contributed by atoms with Crippen LogP contribution in [0.5, 0.6) is 0 Å². The Bertz CT molecular complexity index is 595. The molecule has 0 aromatic rings. The highest BCUT2D eigenvalue weighted by molar-refractivity contribution is 5.66. The van der Waals surface area contributed by atoms with Crippen molar-refractivity contribution in [1.82, 2.24) is 0 Å². The van der Waals surface area contributed by atoms with Crippen molar-refractivity contribution in [2.75, 3.05) is 0 Å². The Kier molecular flexibility index (Phi) is 7.93. The van der Waals surface area contributed by atoms with Crippen molar-refractivity contribution < 1.29 is 20.1 Å². The van der Waals surface area contributed by atoms with Crippen LogP contribution >= 0.6 is 0 Å². The van der Waals surface area contributed by atoms with Crippen LogP contribution in [0.4, 0.5) is 0 Å². The molecule has 0 amide bonds. The largest absolute Gasteiger partial charge is 0.481 e. The number of carbonyl (C=O) groups is 1. The van der Waals surface area contributed by atoms with Gasteiger partial charge in [0.25, 0.3) is 0 Å². The summed E-state index contributed by atoms with van der Waals surface area (Å²) in [6, 6.07) is 0. The highest BCUT2D eigenvalue weighted by Crippen LogP contribution is 2.50. The molecule has 144 valence electrons. The fraction of sp³-hybridized carbons (Fsp3) is 0.682. The third kappa shape index (κ3) is 5.72. The Balaban J connectivity index is 1.89. The molecule has 0 saturated heterocycles. The second-order valence-corrected chi connectivity index (χ2v) is 7.84. The molecule has 2 aliphatic carbocycles. The van der Waals surface area contributed by atoms with Gasteiger partial charge in [0, 0.05) is 18.8 Å². The van der Waals surface area contributed by atoms with Gasteiger partial charge in [0.05, 0.1) is 12.2 Å². The molecule has 4 nitrogen and oxygen atoms in total. The standard InChI is InChI=1S/C22H32O4/c1-3-4-7-15(2)20(23)11-10-18-19-13-16(8-5-6-9-22(25)26)12-17(19)14-21(18)24/h8,10-11,15,17-21,23-24H,5-7,9,12-14H2,1-2H3,(H,25,26)/b11-10+,16-8+/t15?,17?,18-,19?,20?,21-/m1/s1. The van der Waals surface area contributed by atoms with E-state index in [1.54, 1.807) is 6.92 Å². The number of hydrogen-bond donors (Lipinski definition) is 3. The molecule has 0 aliphatic heterocycles. The lowest BCUT2D eigenvalue weighted by atomic mass is 9.89. The summed E-state index contributed by atoms with van der Waals surface area (Å²) < 4.78 is 0. The van der Waals surface area contributed by atoms with Crippen molar-refractivity contribution >= 4 is 5.97 Å². The van der Waals surface area contributed by atoms with Crippen molar-refractivity contribution in [3.63, 3.8) is 0 Å². The summed E-state index contributed by atoms with van der Waals surface area (Å²) in [6.45, 7) is 3.79. The number of fused-ring (bicyclic) bond motifs is 1. The average molecular weight is 360 g/mol. The first-order valence-electron chi connectivity index (χ1n) is 9.76. The van der Waals surface area contributed by atoms with E-state index in [-0.39, 0.29) is 24.4 Å². The van der Waals surface area contributed by atoms with Gasteiger partial charge in [0.15, 0.2) is 0 Å². The van der Waals surface area contributed by atoms with Gasteiger partial charge in [-0.3, -0.25) is 4.79 Å². The smallest absolute Gasteiger partial charge is 0.303 e. The van der Waals surface area contributed by atoms with Gasteiger partial charge < -0.3 is 15.3 Å². The maximum Gasteiger partial charge on any atom is 0.303 e. The van der Waals surface area contributed by atoms with E-state index in [0.29, 0.717) is 24.7 Å². The zero-order chi connectivity index (χ0) is 19.1. The molecule has 0 aromatic heterocycles. The second kappa shape index (κ2) is 9.94. The van der Waals surface area contributed by atoms with Crippen LogP contribution in [0, 0.1) is 35.5 Å². The van der Waals surface area contributed by atoms with Gasteiger partial charge in [0.1, 0.15) is 0 Å². The minimum Gasteiger partial charge on any atom is -0.481 e. The molecule has 3 N–H and O–H groups in total. The van der Waals surface area contributed by atoms with E-state index < -0.39 is 12.1 Å². The highest BCUT2D eigenvalue weighted by Gasteiger charge is 2.44. The monoisotopic (exact) mass is 360 g/mol. The SMILES string of the molecule is CC#CCC(C)C(O)/C=C/[C@@H]1C2C/C(=C/CCCC(=O)O)CC2C[C@H]1O. The molecule has 2 rings (SSSR count). The number of carboxylic acid groups (broad SMARTS) is 1. The Hall–Kier alpha value is -1.57. The van der Waals surface area contributed by atoms with Crippen LogP contribution in [0.1, 0.15) is 58.8 Å². The molecule has 0 bridgehead atoms. The number of aliphatic hydroxyl groups excluding tert-OH is 2. The highest BCUT2D eigenvalue weighted by atomic mass is 16.4. The number of rotatable bonds is 8. The van der Waals surface area contributed by atoms with Gasteiger partial charge in [-0.1, -0.05) is 30.7 Å². The van der Waals surface area contributed by atoms with Gasteiger partial charge in [0.2, 0.25) is 0 Å². The Morgan fingerprint density at radius 2 is 2.15 bits per heavy atom. The average Bonchev–Trinajstić information content (AvgIpc) is 3.10. The molecular weight excluding hydrogens is 328 g/mol. The summed E-state index contributed by atoms with van der Waals surface area (Å²) in [6.07, 6.45) is 10.4. The quantitative estimate of drug-likeness (QED) is 0.351. The third-order valence-electron chi connectivity index (χ3n) is 5.85. The lowest BCUT2D eigenvalue weighted by molar-refractivity contribution is -0.137. The number of aliphatic carboxylic acids is 1. The van der Waals surface area contributed by atoms with Crippen LogP contribution in [0.15, 0.2) is 23.8 Å².